The molecule has 2 N–H and O–H groups in total. The lowest BCUT2D eigenvalue weighted by molar-refractivity contribution is -0.119. The van der Waals surface area contributed by atoms with Gasteiger partial charge >= 0.3 is 0 Å². The predicted molar refractivity (Wildman–Crippen MR) is 107 cm³/mol. The average Bonchev–Trinajstić information content (AvgIpc) is 3.02. The molecule has 6 heteroatoms. The Morgan fingerprint density at radius 2 is 1.88 bits per heavy atom. The van der Waals surface area contributed by atoms with Crippen LogP contribution in [-0.4, -0.2) is 24.7 Å². The molecule has 1 atom stereocenters. The number of fused-ring (bicyclic) bond motifs is 1. The van der Waals surface area contributed by atoms with Crippen LogP contribution in [0.15, 0.2) is 33.7 Å². The van der Waals surface area contributed by atoms with E-state index in [0.29, 0.717) is 22.5 Å². The third-order valence-corrected chi connectivity index (χ3v) is 3.85. The van der Waals surface area contributed by atoms with Gasteiger partial charge in [-0.15, -0.1) is 0 Å². The zero-order valence-electron chi connectivity index (χ0n) is 16.5. The number of hydrogen-bond acceptors (Lipinski definition) is 4. The van der Waals surface area contributed by atoms with Gasteiger partial charge in [0.25, 0.3) is 5.91 Å². The van der Waals surface area contributed by atoms with Crippen molar-refractivity contribution in [3.8, 4) is 0 Å². The van der Waals surface area contributed by atoms with Crippen molar-refractivity contribution < 1.29 is 14.0 Å². The first-order valence-electron chi connectivity index (χ1n) is 9.05. The van der Waals surface area contributed by atoms with Crippen LogP contribution in [0, 0.1) is 5.92 Å². The standard InChI is InChI=1S/C18H23N3O3.C2H6/c1-5-8-11(2)17(22)21-15-13-9-6-7-10-14(13)24-16(15)18(23)20-12(3)19-4;1-2/h6-7,9-11H,5,8H2,1-4H3,(H,21,22)(H,19,20,23);1-2H3/t11-;/m1./s1. The van der Waals surface area contributed by atoms with Gasteiger partial charge in [0.2, 0.25) is 11.7 Å². The number of rotatable bonds is 5. The largest absolute Gasteiger partial charge is 0.449 e. The van der Waals surface area contributed by atoms with Crippen molar-refractivity contribution in [2.75, 3.05) is 12.4 Å². The number of benzene rings is 1. The lowest BCUT2D eigenvalue weighted by atomic mass is 10.1. The summed E-state index contributed by atoms with van der Waals surface area (Å²) >= 11 is 0. The Balaban J connectivity index is 0.00000163. The van der Waals surface area contributed by atoms with Gasteiger partial charge < -0.3 is 15.1 Å². The molecule has 142 valence electrons. The normalized spacial score (nSPS) is 12.2. The molecule has 1 aromatic carbocycles. The van der Waals surface area contributed by atoms with E-state index in [1.807, 2.05) is 45.9 Å². The number of anilines is 1. The summed E-state index contributed by atoms with van der Waals surface area (Å²) in [7, 11) is 1.59. The minimum absolute atomic E-state index is 0.0799. The van der Waals surface area contributed by atoms with E-state index < -0.39 is 5.91 Å². The molecule has 1 heterocycles. The van der Waals surface area contributed by atoms with Crippen molar-refractivity contribution in [3.63, 3.8) is 0 Å². The molecule has 26 heavy (non-hydrogen) atoms. The van der Waals surface area contributed by atoms with Crippen molar-refractivity contribution in [1.82, 2.24) is 5.32 Å². The second-order valence-electron chi connectivity index (χ2n) is 5.74. The lowest BCUT2D eigenvalue weighted by Crippen LogP contribution is -2.29. The van der Waals surface area contributed by atoms with Crippen LogP contribution in [0.25, 0.3) is 11.0 Å². The number of carbonyl (C=O) groups excluding carboxylic acids is 2. The minimum Gasteiger partial charge on any atom is -0.449 e. The zero-order valence-corrected chi connectivity index (χ0v) is 16.5. The number of furan rings is 1. The van der Waals surface area contributed by atoms with Crippen LogP contribution >= 0.6 is 0 Å². The summed E-state index contributed by atoms with van der Waals surface area (Å²) in [5.41, 5.74) is 0.951. The molecule has 0 fully saturated rings. The Hall–Kier alpha value is -2.63. The summed E-state index contributed by atoms with van der Waals surface area (Å²) in [6, 6.07) is 7.23. The fraction of sp³-hybridized carbons (Fsp3) is 0.450. The van der Waals surface area contributed by atoms with Gasteiger partial charge in [-0.3, -0.25) is 14.6 Å². The number of nitrogens with zero attached hydrogens (tertiary/aromatic N) is 1. The first-order chi connectivity index (χ1) is 12.5. The summed E-state index contributed by atoms with van der Waals surface area (Å²) in [6.07, 6.45) is 1.70. The Bertz CT molecular complexity index is 778. The first kappa shape index (κ1) is 21.4. The lowest BCUT2D eigenvalue weighted by Gasteiger charge is -2.11. The molecule has 0 saturated carbocycles. The van der Waals surface area contributed by atoms with E-state index in [9.17, 15) is 9.59 Å². The second kappa shape index (κ2) is 10.4. The summed E-state index contributed by atoms with van der Waals surface area (Å²) < 4.78 is 5.67. The van der Waals surface area contributed by atoms with E-state index >= 15 is 0 Å². The molecule has 0 aliphatic heterocycles. The van der Waals surface area contributed by atoms with Crippen LogP contribution in [-0.2, 0) is 4.79 Å². The molecule has 0 spiro atoms. The van der Waals surface area contributed by atoms with E-state index in [0.717, 1.165) is 12.8 Å². The molecule has 0 saturated heterocycles. The molecule has 0 bridgehead atoms. The summed E-state index contributed by atoms with van der Waals surface area (Å²) in [6.45, 7) is 9.58. The van der Waals surface area contributed by atoms with E-state index in [2.05, 4.69) is 15.6 Å². The number of carbonyl (C=O) groups is 2. The van der Waals surface area contributed by atoms with E-state index in [1.165, 1.54) is 0 Å². The number of aliphatic imine (C=N–C) groups is 1. The van der Waals surface area contributed by atoms with Gasteiger partial charge in [0.1, 0.15) is 11.3 Å². The highest BCUT2D eigenvalue weighted by Crippen LogP contribution is 2.31. The SMILES string of the molecule is CC.CCC[C@@H](C)C(=O)Nc1c(C(=O)NC(C)=NC)oc2ccccc12. The molecule has 0 radical (unpaired) electrons. The first-order valence-corrected chi connectivity index (χ1v) is 9.05. The Morgan fingerprint density at radius 1 is 1.23 bits per heavy atom. The number of amidine groups is 1. The zero-order chi connectivity index (χ0) is 19.7. The number of para-hydroxylation sites is 1. The molecular weight excluding hydrogens is 330 g/mol. The Labute approximate surface area is 155 Å². The highest BCUT2D eigenvalue weighted by molar-refractivity contribution is 6.14. The van der Waals surface area contributed by atoms with Crippen LogP contribution in [0.3, 0.4) is 0 Å². The van der Waals surface area contributed by atoms with Gasteiger partial charge in [-0.2, -0.15) is 0 Å². The average molecular weight is 359 g/mol. The summed E-state index contributed by atoms with van der Waals surface area (Å²) in [5, 5.41) is 6.20. The minimum atomic E-state index is -0.437. The topological polar surface area (TPSA) is 83.7 Å². The summed E-state index contributed by atoms with van der Waals surface area (Å²) in [5.74, 6) is -0.155. The second-order valence-corrected chi connectivity index (χ2v) is 5.74. The predicted octanol–water partition coefficient (Wildman–Crippen LogP) is 4.61. The Morgan fingerprint density at radius 3 is 2.50 bits per heavy atom. The molecule has 0 aliphatic carbocycles. The van der Waals surface area contributed by atoms with E-state index in [-0.39, 0.29) is 17.6 Å². The van der Waals surface area contributed by atoms with E-state index in [4.69, 9.17) is 4.42 Å². The smallest absolute Gasteiger partial charge is 0.294 e. The number of hydrogen-bond donors (Lipinski definition) is 2. The molecule has 2 amide bonds. The molecular formula is C20H29N3O3. The fourth-order valence-electron chi connectivity index (χ4n) is 2.42. The number of nitrogens with one attached hydrogen (secondary N) is 2. The third kappa shape index (κ3) is 5.18. The van der Waals surface area contributed by atoms with Gasteiger partial charge in [0, 0.05) is 18.4 Å². The molecule has 1 aromatic heterocycles. The van der Waals surface area contributed by atoms with Gasteiger partial charge in [-0.1, -0.05) is 46.2 Å². The Kier molecular flexibility index (Phi) is 8.55. The quantitative estimate of drug-likeness (QED) is 0.604. The van der Waals surface area contributed by atoms with Crippen LogP contribution in [0.5, 0.6) is 0 Å². The van der Waals surface area contributed by atoms with Crippen LogP contribution < -0.4 is 10.6 Å². The van der Waals surface area contributed by atoms with Crippen molar-refractivity contribution in [2.45, 2.75) is 47.5 Å². The van der Waals surface area contributed by atoms with Crippen LogP contribution in [0.2, 0.25) is 0 Å². The van der Waals surface area contributed by atoms with Crippen molar-refractivity contribution >= 4 is 34.3 Å². The van der Waals surface area contributed by atoms with Crippen LogP contribution in [0.1, 0.15) is 58.0 Å². The van der Waals surface area contributed by atoms with Gasteiger partial charge in [-0.05, 0) is 25.5 Å². The van der Waals surface area contributed by atoms with Crippen molar-refractivity contribution in [1.29, 1.82) is 0 Å². The van der Waals surface area contributed by atoms with Gasteiger partial charge in [-0.25, -0.2) is 0 Å². The maximum Gasteiger partial charge on any atom is 0.294 e. The maximum absolute atomic E-state index is 12.4. The van der Waals surface area contributed by atoms with Gasteiger partial charge in [0.15, 0.2) is 0 Å². The fourth-order valence-corrected chi connectivity index (χ4v) is 2.42. The third-order valence-electron chi connectivity index (χ3n) is 3.85. The molecule has 2 aromatic rings. The molecule has 0 aliphatic rings. The van der Waals surface area contributed by atoms with Crippen molar-refractivity contribution in [2.24, 2.45) is 10.9 Å². The number of amides is 2. The highest BCUT2D eigenvalue weighted by Gasteiger charge is 2.24. The molecule has 0 unspecified atom stereocenters. The molecule has 2 rings (SSSR count). The monoisotopic (exact) mass is 359 g/mol. The maximum atomic E-state index is 12.4. The van der Waals surface area contributed by atoms with Gasteiger partial charge in [0.05, 0.1) is 5.84 Å². The summed E-state index contributed by atoms with van der Waals surface area (Å²) in [4.78, 5) is 28.7. The molecule has 6 nitrogen and oxygen atoms in total. The van der Waals surface area contributed by atoms with Crippen LogP contribution in [0.4, 0.5) is 5.69 Å². The highest BCUT2D eigenvalue weighted by atomic mass is 16.3. The van der Waals surface area contributed by atoms with E-state index in [1.54, 1.807) is 20.0 Å². The van der Waals surface area contributed by atoms with Crippen molar-refractivity contribution in [3.05, 3.63) is 30.0 Å².